The second kappa shape index (κ2) is 7.18. The molecule has 1 aliphatic heterocycles. The number of hydrogen-bond donors (Lipinski definition) is 1. The molecule has 1 heterocycles. The molecule has 0 aromatic heterocycles. The molecule has 1 N–H and O–H groups in total. The van der Waals surface area contributed by atoms with E-state index in [0.29, 0.717) is 32.4 Å². The highest BCUT2D eigenvalue weighted by Crippen LogP contribution is 2.34. The van der Waals surface area contributed by atoms with Gasteiger partial charge in [-0.1, -0.05) is 19.1 Å². The summed E-state index contributed by atoms with van der Waals surface area (Å²) in [4.78, 5) is 26.9. The van der Waals surface area contributed by atoms with E-state index in [2.05, 4.69) is 0 Å². The highest BCUT2D eigenvalue weighted by molar-refractivity contribution is 7.98. The summed E-state index contributed by atoms with van der Waals surface area (Å²) in [5.74, 6) is -0.757. The van der Waals surface area contributed by atoms with Crippen molar-refractivity contribution in [2.45, 2.75) is 37.5 Å². The van der Waals surface area contributed by atoms with E-state index in [9.17, 15) is 14.7 Å². The minimum absolute atomic E-state index is 0.0238. The molecule has 1 amide bonds. The van der Waals surface area contributed by atoms with E-state index in [1.54, 1.807) is 16.7 Å². The molecule has 1 aromatic carbocycles. The van der Waals surface area contributed by atoms with Crippen LogP contribution in [-0.2, 0) is 16.0 Å². The molecule has 1 saturated heterocycles. The number of hydrogen-bond acceptors (Lipinski definition) is 3. The molecule has 1 aromatic rings. The van der Waals surface area contributed by atoms with Crippen LogP contribution < -0.4 is 0 Å². The Morgan fingerprint density at radius 2 is 2.00 bits per heavy atom. The van der Waals surface area contributed by atoms with Gasteiger partial charge < -0.3 is 10.0 Å². The number of likely N-dealkylation sites (tertiary alicyclic amines) is 1. The van der Waals surface area contributed by atoms with Gasteiger partial charge in [0.2, 0.25) is 5.91 Å². The number of piperidine rings is 1. The molecular weight excluding hydrogens is 298 g/mol. The van der Waals surface area contributed by atoms with Gasteiger partial charge in [-0.25, -0.2) is 0 Å². The van der Waals surface area contributed by atoms with E-state index < -0.39 is 11.4 Å². The van der Waals surface area contributed by atoms with Crippen LogP contribution in [0.4, 0.5) is 0 Å². The van der Waals surface area contributed by atoms with Crippen molar-refractivity contribution >= 4 is 23.6 Å². The lowest BCUT2D eigenvalue weighted by Crippen LogP contribution is -2.50. The largest absolute Gasteiger partial charge is 0.481 e. The van der Waals surface area contributed by atoms with Crippen molar-refractivity contribution in [3.8, 4) is 0 Å². The molecule has 0 unspecified atom stereocenters. The molecule has 4 nitrogen and oxygen atoms in total. The Kier molecular flexibility index (Phi) is 5.51. The Balaban J connectivity index is 2.03. The van der Waals surface area contributed by atoms with E-state index in [0.717, 1.165) is 12.0 Å². The van der Waals surface area contributed by atoms with Crippen molar-refractivity contribution in [3.05, 3.63) is 29.8 Å². The van der Waals surface area contributed by atoms with E-state index in [4.69, 9.17) is 0 Å². The number of nitrogens with zero attached hydrogens (tertiary/aromatic N) is 1. The molecule has 22 heavy (non-hydrogen) atoms. The van der Waals surface area contributed by atoms with E-state index in [1.807, 2.05) is 37.4 Å². The van der Waals surface area contributed by atoms with Gasteiger partial charge in [0.1, 0.15) is 0 Å². The Morgan fingerprint density at radius 1 is 1.32 bits per heavy atom. The van der Waals surface area contributed by atoms with Gasteiger partial charge in [0.25, 0.3) is 0 Å². The fourth-order valence-electron chi connectivity index (χ4n) is 2.99. The fraction of sp³-hybridized carbons (Fsp3) is 0.529. The van der Waals surface area contributed by atoms with Crippen molar-refractivity contribution in [3.63, 3.8) is 0 Å². The number of carboxylic acids is 1. The third-order valence-corrected chi connectivity index (χ3v) is 5.32. The van der Waals surface area contributed by atoms with Gasteiger partial charge >= 0.3 is 5.97 Å². The summed E-state index contributed by atoms with van der Waals surface area (Å²) < 4.78 is 0. The van der Waals surface area contributed by atoms with E-state index in [-0.39, 0.29) is 5.91 Å². The number of benzene rings is 1. The highest BCUT2D eigenvalue weighted by atomic mass is 32.2. The number of thioether (sulfide) groups is 1. The van der Waals surface area contributed by atoms with Gasteiger partial charge in [-0.15, -0.1) is 11.8 Å². The zero-order chi connectivity index (χ0) is 16.2. The number of amides is 1. The van der Waals surface area contributed by atoms with Crippen LogP contribution in [0.5, 0.6) is 0 Å². The van der Waals surface area contributed by atoms with Gasteiger partial charge in [0.15, 0.2) is 0 Å². The van der Waals surface area contributed by atoms with Crippen LogP contribution in [0.1, 0.15) is 31.7 Å². The summed E-state index contributed by atoms with van der Waals surface area (Å²) >= 11 is 1.67. The lowest BCUT2D eigenvalue weighted by molar-refractivity contribution is -0.155. The Hall–Kier alpha value is -1.49. The van der Waals surface area contributed by atoms with Crippen molar-refractivity contribution in [2.24, 2.45) is 5.41 Å². The summed E-state index contributed by atoms with van der Waals surface area (Å²) in [6.07, 6.45) is 4.34. The van der Waals surface area contributed by atoms with Crippen LogP contribution in [0.25, 0.3) is 0 Å². The number of aliphatic carboxylic acids is 1. The summed E-state index contributed by atoms with van der Waals surface area (Å²) in [7, 11) is 0. The number of carbonyl (C=O) groups excluding carboxylic acids is 1. The van der Waals surface area contributed by atoms with Gasteiger partial charge in [0.05, 0.1) is 11.8 Å². The smallest absolute Gasteiger partial charge is 0.311 e. The number of carbonyl (C=O) groups is 2. The van der Waals surface area contributed by atoms with Crippen LogP contribution >= 0.6 is 11.8 Å². The number of rotatable bonds is 5. The molecule has 120 valence electrons. The molecule has 0 saturated carbocycles. The SMILES string of the molecule is CC[C@]1(C(=O)O)CCCN(C(=O)Cc2ccc(SC)cc2)C1. The third kappa shape index (κ3) is 3.64. The van der Waals surface area contributed by atoms with Gasteiger partial charge in [-0.3, -0.25) is 9.59 Å². The second-order valence-corrected chi connectivity index (χ2v) is 6.76. The average molecular weight is 321 g/mol. The van der Waals surface area contributed by atoms with Crippen LogP contribution in [0.3, 0.4) is 0 Å². The maximum atomic E-state index is 12.5. The first-order valence-corrected chi connectivity index (χ1v) is 8.87. The standard InChI is InChI=1S/C17H23NO3S/c1-3-17(16(20)21)9-4-10-18(12-17)15(19)11-13-5-7-14(22-2)8-6-13/h5-8H,3-4,9-12H2,1-2H3,(H,20,21)/t17-/m0/s1. The minimum Gasteiger partial charge on any atom is -0.481 e. The first-order chi connectivity index (χ1) is 10.5. The Bertz CT molecular complexity index is 543. The monoisotopic (exact) mass is 321 g/mol. The van der Waals surface area contributed by atoms with Crippen LogP contribution in [0, 0.1) is 5.41 Å². The van der Waals surface area contributed by atoms with Gasteiger partial charge in [0, 0.05) is 18.0 Å². The predicted octanol–water partition coefficient (Wildman–Crippen LogP) is 3.05. The summed E-state index contributed by atoms with van der Waals surface area (Å²) in [5, 5.41) is 9.50. The van der Waals surface area contributed by atoms with Gasteiger partial charge in [-0.05, 0) is 43.2 Å². The second-order valence-electron chi connectivity index (χ2n) is 5.88. The molecule has 1 fully saturated rings. The van der Waals surface area contributed by atoms with Crippen LogP contribution in [0.2, 0.25) is 0 Å². The third-order valence-electron chi connectivity index (χ3n) is 4.57. The summed E-state index contributed by atoms with van der Waals surface area (Å²) in [5.41, 5.74) is 0.210. The maximum absolute atomic E-state index is 12.5. The average Bonchev–Trinajstić information content (AvgIpc) is 2.55. The van der Waals surface area contributed by atoms with Crippen molar-refractivity contribution in [1.82, 2.24) is 4.90 Å². The lowest BCUT2D eigenvalue weighted by atomic mass is 9.77. The first-order valence-electron chi connectivity index (χ1n) is 7.65. The number of carboxylic acid groups (broad SMARTS) is 1. The Morgan fingerprint density at radius 3 is 2.55 bits per heavy atom. The zero-order valence-corrected chi connectivity index (χ0v) is 14.0. The van der Waals surface area contributed by atoms with Crippen molar-refractivity contribution in [2.75, 3.05) is 19.3 Å². The molecule has 0 bridgehead atoms. The Labute approximate surface area is 135 Å². The molecule has 0 radical (unpaired) electrons. The van der Waals surface area contributed by atoms with E-state index >= 15 is 0 Å². The van der Waals surface area contributed by atoms with Crippen molar-refractivity contribution < 1.29 is 14.7 Å². The summed E-state index contributed by atoms with van der Waals surface area (Å²) in [6.45, 7) is 2.89. The quantitative estimate of drug-likeness (QED) is 0.847. The molecule has 1 aliphatic rings. The van der Waals surface area contributed by atoms with Crippen molar-refractivity contribution in [1.29, 1.82) is 0 Å². The van der Waals surface area contributed by atoms with Gasteiger partial charge in [-0.2, -0.15) is 0 Å². The zero-order valence-electron chi connectivity index (χ0n) is 13.2. The summed E-state index contributed by atoms with van der Waals surface area (Å²) in [6, 6.07) is 7.96. The first kappa shape index (κ1) is 16.9. The molecule has 0 spiro atoms. The molecule has 1 atom stereocenters. The predicted molar refractivity (Wildman–Crippen MR) is 88.1 cm³/mol. The maximum Gasteiger partial charge on any atom is 0.311 e. The molecule has 0 aliphatic carbocycles. The molecule has 5 heteroatoms. The molecular formula is C17H23NO3S. The fourth-order valence-corrected chi connectivity index (χ4v) is 3.40. The topological polar surface area (TPSA) is 57.6 Å². The van der Waals surface area contributed by atoms with Crippen LogP contribution in [0.15, 0.2) is 29.2 Å². The normalized spacial score (nSPS) is 21.6. The lowest BCUT2D eigenvalue weighted by Gasteiger charge is -2.39. The highest BCUT2D eigenvalue weighted by Gasteiger charge is 2.41. The van der Waals surface area contributed by atoms with E-state index in [1.165, 1.54) is 4.90 Å². The molecule has 2 rings (SSSR count). The minimum atomic E-state index is -0.781. The van der Waals surface area contributed by atoms with Crippen LogP contribution in [-0.4, -0.2) is 41.2 Å².